The van der Waals surface area contributed by atoms with Gasteiger partial charge in [0.05, 0.1) is 12.2 Å². The number of nitrogens with one attached hydrogen (secondary N) is 1. The van der Waals surface area contributed by atoms with E-state index in [1.54, 1.807) is 0 Å². The fourth-order valence-electron chi connectivity index (χ4n) is 2.35. The van der Waals surface area contributed by atoms with Crippen LogP contribution in [0.15, 0.2) is 0 Å². The number of hydrogen-bond acceptors (Lipinski definition) is 2. The highest BCUT2D eigenvalue weighted by Gasteiger charge is 2.39. The van der Waals surface area contributed by atoms with Gasteiger partial charge in [-0.3, -0.25) is 0 Å². The van der Waals surface area contributed by atoms with Gasteiger partial charge in [-0.05, 0) is 26.7 Å². The minimum absolute atomic E-state index is 0.183. The van der Waals surface area contributed by atoms with Gasteiger partial charge in [0, 0.05) is 12.1 Å². The molecule has 0 unspecified atom stereocenters. The average molecular weight is 183 g/mol. The summed E-state index contributed by atoms with van der Waals surface area (Å²) in [6, 6.07) is 0. The molecule has 0 aromatic rings. The van der Waals surface area contributed by atoms with E-state index in [0.717, 1.165) is 13.2 Å². The number of ether oxygens (including phenoxy) is 1. The van der Waals surface area contributed by atoms with Crippen molar-refractivity contribution in [1.82, 2.24) is 5.32 Å². The van der Waals surface area contributed by atoms with Crippen LogP contribution in [0, 0.1) is 0 Å². The van der Waals surface area contributed by atoms with Crippen molar-refractivity contribution < 1.29 is 4.74 Å². The monoisotopic (exact) mass is 183 g/mol. The molecule has 0 amide bonds. The quantitative estimate of drug-likeness (QED) is 0.621. The molecule has 76 valence electrons. The standard InChI is InChI=1S/C11H21NO/c1-10(2)9-13-11(8-12-10)6-4-3-5-7-11/h12H,3-9H2,1-2H3. The van der Waals surface area contributed by atoms with Crippen LogP contribution >= 0.6 is 0 Å². The second kappa shape index (κ2) is 3.25. The van der Waals surface area contributed by atoms with Crippen LogP contribution in [-0.2, 0) is 4.74 Å². The Kier molecular flexibility index (Phi) is 2.37. The topological polar surface area (TPSA) is 21.3 Å². The van der Waals surface area contributed by atoms with E-state index < -0.39 is 0 Å². The lowest BCUT2D eigenvalue weighted by Crippen LogP contribution is -2.59. The van der Waals surface area contributed by atoms with Crippen molar-refractivity contribution in [1.29, 1.82) is 0 Å². The van der Waals surface area contributed by atoms with E-state index in [-0.39, 0.29) is 11.1 Å². The molecule has 2 aliphatic rings. The van der Waals surface area contributed by atoms with Crippen molar-refractivity contribution in [2.45, 2.75) is 57.1 Å². The molecule has 1 spiro atoms. The van der Waals surface area contributed by atoms with Crippen LogP contribution in [0.4, 0.5) is 0 Å². The van der Waals surface area contributed by atoms with Crippen molar-refractivity contribution in [3.8, 4) is 0 Å². The molecule has 2 heteroatoms. The lowest BCUT2D eigenvalue weighted by molar-refractivity contribution is -0.119. The molecule has 1 saturated heterocycles. The molecule has 0 aromatic carbocycles. The first-order valence-electron chi connectivity index (χ1n) is 5.51. The van der Waals surface area contributed by atoms with Crippen molar-refractivity contribution in [3.05, 3.63) is 0 Å². The zero-order valence-electron chi connectivity index (χ0n) is 8.86. The molecular formula is C11H21NO. The van der Waals surface area contributed by atoms with Crippen LogP contribution in [0.5, 0.6) is 0 Å². The van der Waals surface area contributed by atoms with Gasteiger partial charge in [0.2, 0.25) is 0 Å². The molecule has 1 aliphatic carbocycles. The van der Waals surface area contributed by atoms with Gasteiger partial charge < -0.3 is 10.1 Å². The van der Waals surface area contributed by atoms with Gasteiger partial charge in [0.15, 0.2) is 0 Å². The average Bonchev–Trinajstić information content (AvgIpc) is 2.13. The first kappa shape index (κ1) is 9.47. The van der Waals surface area contributed by atoms with Crippen LogP contribution in [0.2, 0.25) is 0 Å². The smallest absolute Gasteiger partial charge is 0.0807 e. The Bertz CT molecular complexity index is 171. The van der Waals surface area contributed by atoms with Crippen molar-refractivity contribution in [2.75, 3.05) is 13.2 Å². The van der Waals surface area contributed by atoms with Crippen LogP contribution in [0.1, 0.15) is 46.0 Å². The molecule has 0 radical (unpaired) electrons. The van der Waals surface area contributed by atoms with E-state index >= 15 is 0 Å². The number of morpholine rings is 1. The first-order valence-corrected chi connectivity index (χ1v) is 5.51. The normalized spacial score (nSPS) is 31.8. The Morgan fingerprint density at radius 1 is 1.08 bits per heavy atom. The van der Waals surface area contributed by atoms with Gasteiger partial charge in [-0.25, -0.2) is 0 Å². The second-order valence-corrected chi connectivity index (χ2v) is 5.27. The van der Waals surface area contributed by atoms with Crippen LogP contribution < -0.4 is 5.32 Å². The molecule has 2 nitrogen and oxygen atoms in total. The minimum Gasteiger partial charge on any atom is -0.372 e. The maximum Gasteiger partial charge on any atom is 0.0807 e. The zero-order valence-corrected chi connectivity index (χ0v) is 8.86. The largest absolute Gasteiger partial charge is 0.372 e. The number of hydrogen-bond donors (Lipinski definition) is 1. The SMILES string of the molecule is CC1(C)COC2(CCCCC2)CN1. The Hall–Kier alpha value is -0.0800. The highest BCUT2D eigenvalue weighted by Crippen LogP contribution is 2.34. The van der Waals surface area contributed by atoms with E-state index in [1.807, 2.05) is 0 Å². The van der Waals surface area contributed by atoms with E-state index in [1.165, 1.54) is 32.1 Å². The summed E-state index contributed by atoms with van der Waals surface area (Å²) in [5.74, 6) is 0. The third-order valence-corrected chi connectivity index (χ3v) is 3.39. The molecule has 1 saturated carbocycles. The Morgan fingerprint density at radius 2 is 1.77 bits per heavy atom. The summed E-state index contributed by atoms with van der Waals surface area (Å²) in [4.78, 5) is 0. The van der Waals surface area contributed by atoms with Gasteiger partial charge in [-0.2, -0.15) is 0 Å². The lowest BCUT2D eigenvalue weighted by Gasteiger charge is -2.46. The fourth-order valence-corrected chi connectivity index (χ4v) is 2.35. The van der Waals surface area contributed by atoms with Crippen LogP contribution in [0.3, 0.4) is 0 Å². The predicted octanol–water partition coefficient (Wildman–Crippen LogP) is 2.09. The molecule has 1 N–H and O–H groups in total. The summed E-state index contributed by atoms with van der Waals surface area (Å²) in [5.41, 5.74) is 0.385. The Balaban J connectivity index is 1.95. The Morgan fingerprint density at radius 3 is 2.31 bits per heavy atom. The zero-order chi connectivity index (χ0) is 9.36. The fraction of sp³-hybridized carbons (Fsp3) is 1.00. The summed E-state index contributed by atoms with van der Waals surface area (Å²) in [7, 11) is 0. The molecule has 13 heavy (non-hydrogen) atoms. The van der Waals surface area contributed by atoms with E-state index in [9.17, 15) is 0 Å². The minimum atomic E-state index is 0.183. The van der Waals surface area contributed by atoms with Crippen LogP contribution in [-0.4, -0.2) is 24.3 Å². The second-order valence-electron chi connectivity index (χ2n) is 5.27. The van der Waals surface area contributed by atoms with Gasteiger partial charge in [-0.1, -0.05) is 19.3 Å². The van der Waals surface area contributed by atoms with Gasteiger partial charge in [-0.15, -0.1) is 0 Å². The lowest BCUT2D eigenvalue weighted by atomic mass is 9.82. The predicted molar refractivity (Wildman–Crippen MR) is 53.8 cm³/mol. The van der Waals surface area contributed by atoms with Crippen molar-refractivity contribution in [3.63, 3.8) is 0 Å². The summed E-state index contributed by atoms with van der Waals surface area (Å²) in [5, 5.41) is 3.59. The molecular weight excluding hydrogens is 162 g/mol. The summed E-state index contributed by atoms with van der Waals surface area (Å²) < 4.78 is 6.06. The summed E-state index contributed by atoms with van der Waals surface area (Å²) in [6.07, 6.45) is 6.62. The van der Waals surface area contributed by atoms with Crippen molar-refractivity contribution >= 4 is 0 Å². The van der Waals surface area contributed by atoms with E-state index in [2.05, 4.69) is 19.2 Å². The molecule has 2 rings (SSSR count). The van der Waals surface area contributed by atoms with Gasteiger partial charge in [0.25, 0.3) is 0 Å². The highest BCUT2D eigenvalue weighted by molar-refractivity contribution is 4.94. The summed E-state index contributed by atoms with van der Waals surface area (Å²) >= 11 is 0. The molecule has 1 heterocycles. The Labute approximate surface area is 81.0 Å². The molecule has 0 aromatic heterocycles. The number of rotatable bonds is 0. The highest BCUT2D eigenvalue weighted by atomic mass is 16.5. The maximum atomic E-state index is 6.06. The van der Waals surface area contributed by atoms with Crippen LogP contribution in [0.25, 0.3) is 0 Å². The van der Waals surface area contributed by atoms with E-state index in [0.29, 0.717) is 0 Å². The summed E-state index contributed by atoms with van der Waals surface area (Å²) in [6.45, 7) is 6.35. The molecule has 1 aliphatic heterocycles. The van der Waals surface area contributed by atoms with E-state index in [4.69, 9.17) is 4.74 Å². The molecule has 0 bridgehead atoms. The molecule has 0 atom stereocenters. The third-order valence-electron chi connectivity index (χ3n) is 3.39. The van der Waals surface area contributed by atoms with Gasteiger partial charge in [0.1, 0.15) is 0 Å². The van der Waals surface area contributed by atoms with Crippen molar-refractivity contribution in [2.24, 2.45) is 0 Å². The maximum absolute atomic E-state index is 6.06. The van der Waals surface area contributed by atoms with Gasteiger partial charge >= 0.3 is 0 Å². The third kappa shape index (κ3) is 2.05. The first-order chi connectivity index (χ1) is 6.12. The molecule has 2 fully saturated rings.